The number of aromatic nitrogens is 2. The fourth-order valence-electron chi connectivity index (χ4n) is 2.46. The highest BCUT2D eigenvalue weighted by Crippen LogP contribution is 2.12. The largest absolute Gasteiger partial charge is 0.333 e. The van der Waals surface area contributed by atoms with E-state index >= 15 is 0 Å². The number of aryl methyl sites for hydroxylation is 1. The maximum atomic E-state index is 12.1. The molecule has 1 aromatic carbocycles. The summed E-state index contributed by atoms with van der Waals surface area (Å²) in [7, 11) is 0. The highest BCUT2D eigenvalue weighted by atomic mass is 16.2. The normalized spacial score (nSPS) is 11.5. The standard InChI is InChI=1S/C16H23N5O2/c1-5-20-11-8-6-7-9-12(11)21(14(20)17)10-13(22)18-15(23)19-16(2,3)4/h6-9,17H,5,10H2,1-4H3,(H2,18,19,22,23). The number of imide groups is 1. The predicted molar refractivity (Wildman–Crippen MR) is 87.9 cm³/mol. The van der Waals surface area contributed by atoms with Crippen molar-refractivity contribution in [2.24, 2.45) is 0 Å². The van der Waals surface area contributed by atoms with Crippen LogP contribution in [-0.4, -0.2) is 26.6 Å². The summed E-state index contributed by atoms with van der Waals surface area (Å²) in [5.41, 5.74) is 1.51. The minimum atomic E-state index is -0.533. The number of para-hydroxylation sites is 2. The van der Waals surface area contributed by atoms with Crippen LogP contribution >= 0.6 is 0 Å². The van der Waals surface area contributed by atoms with Crippen LogP contribution in [0.1, 0.15) is 27.7 Å². The zero-order valence-corrected chi connectivity index (χ0v) is 13.9. The third kappa shape index (κ3) is 3.80. The van der Waals surface area contributed by atoms with Gasteiger partial charge in [0.25, 0.3) is 0 Å². The summed E-state index contributed by atoms with van der Waals surface area (Å²) >= 11 is 0. The number of nitrogens with zero attached hydrogens (tertiary/aromatic N) is 2. The molecule has 124 valence electrons. The van der Waals surface area contributed by atoms with Crippen molar-refractivity contribution in [3.63, 3.8) is 0 Å². The number of benzene rings is 1. The van der Waals surface area contributed by atoms with Gasteiger partial charge in [0.05, 0.1) is 11.0 Å². The van der Waals surface area contributed by atoms with E-state index in [2.05, 4.69) is 10.6 Å². The molecule has 0 spiro atoms. The molecule has 0 aliphatic heterocycles. The van der Waals surface area contributed by atoms with Crippen molar-refractivity contribution in [1.29, 1.82) is 5.41 Å². The van der Waals surface area contributed by atoms with Crippen LogP contribution in [0, 0.1) is 5.41 Å². The molecule has 0 unspecified atom stereocenters. The Balaban J connectivity index is 2.22. The first kappa shape index (κ1) is 16.8. The first-order valence-corrected chi connectivity index (χ1v) is 7.57. The number of hydrogen-bond acceptors (Lipinski definition) is 3. The lowest BCUT2D eigenvalue weighted by Crippen LogP contribution is -2.49. The van der Waals surface area contributed by atoms with Crippen LogP contribution < -0.4 is 16.3 Å². The van der Waals surface area contributed by atoms with E-state index < -0.39 is 17.5 Å². The molecule has 1 aromatic heterocycles. The van der Waals surface area contributed by atoms with Crippen molar-refractivity contribution in [1.82, 2.24) is 19.8 Å². The van der Waals surface area contributed by atoms with Crippen LogP contribution in [0.2, 0.25) is 0 Å². The second-order valence-electron chi connectivity index (χ2n) is 6.40. The van der Waals surface area contributed by atoms with Gasteiger partial charge in [-0.05, 0) is 39.8 Å². The number of fused-ring (bicyclic) bond motifs is 1. The van der Waals surface area contributed by atoms with E-state index in [9.17, 15) is 9.59 Å². The fraction of sp³-hybridized carbons (Fsp3) is 0.438. The van der Waals surface area contributed by atoms with E-state index in [-0.39, 0.29) is 12.2 Å². The molecule has 0 aliphatic carbocycles. The molecule has 1 heterocycles. The van der Waals surface area contributed by atoms with Gasteiger partial charge in [0.1, 0.15) is 6.54 Å². The Hall–Kier alpha value is -2.57. The van der Waals surface area contributed by atoms with Crippen molar-refractivity contribution < 1.29 is 9.59 Å². The lowest BCUT2D eigenvalue weighted by molar-refractivity contribution is -0.120. The Morgan fingerprint density at radius 1 is 1.13 bits per heavy atom. The van der Waals surface area contributed by atoms with Crippen LogP contribution in [0.15, 0.2) is 24.3 Å². The fourth-order valence-corrected chi connectivity index (χ4v) is 2.46. The van der Waals surface area contributed by atoms with E-state index in [1.807, 2.05) is 56.5 Å². The Bertz CT molecular complexity index is 795. The molecule has 3 amide bonds. The van der Waals surface area contributed by atoms with Crippen molar-refractivity contribution in [3.8, 4) is 0 Å². The Labute approximate surface area is 134 Å². The van der Waals surface area contributed by atoms with Crippen LogP contribution in [0.3, 0.4) is 0 Å². The quantitative estimate of drug-likeness (QED) is 0.801. The molecule has 0 aliphatic rings. The lowest BCUT2D eigenvalue weighted by Gasteiger charge is -2.20. The molecule has 7 nitrogen and oxygen atoms in total. The molecule has 0 fully saturated rings. The summed E-state index contributed by atoms with van der Waals surface area (Å²) in [4.78, 5) is 23.9. The van der Waals surface area contributed by atoms with Crippen molar-refractivity contribution in [2.75, 3.05) is 0 Å². The van der Waals surface area contributed by atoms with Gasteiger partial charge in [0.2, 0.25) is 11.5 Å². The molecular formula is C16H23N5O2. The highest BCUT2D eigenvalue weighted by Gasteiger charge is 2.17. The smallest absolute Gasteiger partial charge is 0.321 e. The molecule has 23 heavy (non-hydrogen) atoms. The monoisotopic (exact) mass is 317 g/mol. The molecule has 2 rings (SSSR count). The van der Waals surface area contributed by atoms with Crippen LogP contribution in [0.25, 0.3) is 11.0 Å². The SMILES string of the molecule is CCn1c(=N)n(CC(=O)NC(=O)NC(C)(C)C)c2ccccc21. The van der Waals surface area contributed by atoms with Crippen molar-refractivity contribution in [3.05, 3.63) is 29.9 Å². The number of amides is 3. The van der Waals surface area contributed by atoms with Gasteiger partial charge in [-0.15, -0.1) is 0 Å². The van der Waals surface area contributed by atoms with E-state index in [1.54, 1.807) is 4.57 Å². The molecule has 2 aromatic rings. The second-order valence-corrected chi connectivity index (χ2v) is 6.40. The van der Waals surface area contributed by atoms with Crippen LogP contribution in [-0.2, 0) is 17.9 Å². The van der Waals surface area contributed by atoms with Crippen molar-refractivity contribution in [2.45, 2.75) is 46.3 Å². The third-order valence-corrected chi connectivity index (χ3v) is 3.33. The number of hydrogen-bond donors (Lipinski definition) is 3. The summed E-state index contributed by atoms with van der Waals surface area (Å²) in [5, 5.41) is 13.2. The molecule has 7 heteroatoms. The van der Waals surface area contributed by atoms with Gasteiger partial charge in [0.15, 0.2) is 0 Å². The van der Waals surface area contributed by atoms with Crippen LogP contribution in [0.5, 0.6) is 0 Å². The molecule has 0 saturated carbocycles. The number of carbonyl (C=O) groups excluding carboxylic acids is 2. The number of imidazole rings is 1. The minimum Gasteiger partial charge on any atom is -0.333 e. The van der Waals surface area contributed by atoms with E-state index in [0.717, 1.165) is 11.0 Å². The van der Waals surface area contributed by atoms with Gasteiger partial charge >= 0.3 is 6.03 Å². The average molecular weight is 317 g/mol. The zero-order valence-electron chi connectivity index (χ0n) is 13.9. The molecule has 0 radical (unpaired) electrons. The maximum absolute atomic E-state index is 12.1. The number of urea groups is 1. The lowest BCUT2D eigenvalue weighted by atomic mass is 10.1. The average Bonchev–Trinajstić information content (AvgIpc) is 2.69. The Kier molecular flexibility index (Phi) is 4.58. The summed E-state index contributed by atoms with van der Waals surface area (Å²) in [5.74, 6) is -0.454. The molecular weight excluding hydrogens is 294 g/mol. The first-order chi connectivity index (χ1) is 10.7. The molecule has 0 atom stereocenters. The van der Waals surface area contributed by atoms with E-state index in [4.69, 9.17) is 5.41 Å². The second kappa shape index (κ2) is 6.28. The molecule has 0 saturated heterocycles. The van der Waals surface area contributed by atoms with Gasteiger partial charge in [-0.1, -0.05) is 12.1 Å². The summed E-state index contributed by atoms with van der Waals surface area (Å²) < 4.78 is 3.41. The van der Waals surface area contributed by atoms with Gasteiger partial charge in [-0.2, -0.15) is 0 Å². The number of nitrogens with one attached hydrogen (secondary N) is 3. The highest BCUT2D eigenvalue weighted by molar-refractivity contribution is 5.95. The van der Waals surface area contributed by atoms with Gasteiger partial charge in [-0.3, -0.25) is 15.5 Å². The van der Waals surface area contributed by atoms with Gasteiger partial charge < -0.3 is 14.5 Å². The third-order valence-electron chi connectivity index (χ3n) is 3.33. The predicted octanol–water partition coefficient (Wildman–Crippen LogP) is 1.57. The molecule has 0 bridgehead atoms. The minimum absolute atomic E-state index is 0.0795. The van der Waals surface area contributed by atoms with Gasteiger partial charge in [-0.25, -0.2) is 4.79 Å². The topological polar surface area (TPSA) is 91.9 Å². The van der Waals surface area contributed by atoms with Crippen molar-refractivity contribution >= 4 is 23.0 Å². The Morgan fingerprint density at radius 2 is 1.70 bits per heavy atom. The first-order valence-electron chi connectivity index (χ1n) is 7.57. The molecule has 3 N–H and O–H groups in total. The zero-order chi connectivity index (χ0) is 17.2. The van der Waals surface area contributed by atoms with E-state index in [1.165, 1.54) is 0 Å². The Morgan fingerprint density at radius 3 is 2.22 bits per heavy atom. The number of rotatable bonds is 3. The van der Waals surface area contributed by atoms with Crippen LogP contribution in [0.4, 0.5) is 4.79 Å². The summed E-state index contributed by atoms with van der Waals surface area (Å²) in [6, 6.07) is 7.01. The summed E-state index contributed by atoms with van der Waals surface area (Å²) in [6.07, 6.45) is 0. The maximum Gasteiger partial charge on any atom is 0.321 e. The van der Waals surface area contributed by atoms with Gasteiger partial charge in [0, 0.05) is 12.1 Å². The van der Waals surface area contributed by atoms with E-state index in [0.29, 0.717) is 6.54 Å². The number of carbonyl (C=O) groups is 2. The summed E-state index contributed by atoms with van der Waals surface area (Å²) in [6.45, 7) is 8.02.